The van der Waals surface area contributed by atoms with E-state index in [9.17, 15) is 9.59 Å². The van der Waals surface area contributed by atoms with Gasteiger partial charge in [-0.25, -0.2) is 0 Å². The van der Waals surface area contributed by atoms with Crippen LogP contribution in [-0.4, -0.2) is 24.5 Å². The molecular formula is C23H31NO4. The summed E-state index contributed by atoms with van der Waals surface area (Å²) in [7, 11) is 1.63. The molecule has 1 aromatic carbocycles. The third-order valence-electron chi connectivity index (χ3n) is 6.04. The molecule has 0 saturated heterocycles. The number of carbonyl (C=O) groups is 2. The summed E-state index contributed by atoms with van der Waals surface area (Å²) in [6, 6.07) is 3.83. The Bertz CT molecular complexity index is 806. The van der Waals surface area contributed by atoms with Gasteiger partial charge in [-0.05, 0) is 74.3 Å². The van der Waals surface area contributed by atoms with Crippen molar-refractivity contribution in [2.45, 2.75) is 65.8 Å². The van der Waals surface area contributed by atoms with Gasteiger partial charge in [0.05, 0.1) is 24.1 Å². The van der Waals surface area contributed by atoms with Gasteiger partial charge < -0.3 is 14.8 Å². The number of amides is 1. The van der Waals surface area contributed by atoms with Crippen LogP contribution in [0.5, 0.6) is 5.75 Å². The Labute approximate surface area is 167 Å². The highest BCUT2D eigenvalue weighted by atomic mass is 16.5. The first-order chi connectivity index (χ1) is 13.2. The van der Waals surface area contributed by atoms with Gasteiger partial charge in [0.25, 0.3) is 5.91 Å². The summed E-state index contributed by atoms with van der Waals surface area (Å²) >= 11 is 0. The zero-order chi connectivity index (χ0) is 20.6. The molecule has 1 N–H and O–H groups in total. The maximum atomic E-state index is 13.2. The third-order valence-corrected chi connectivity index (χ3v) is 6.04. The molecule has 0 aromatic heterocycles. The summed E-state index contributed by atoms with van der Waals surface area (Å²) in [6.07, 6.45) is 3.57. The lowest BCUT2D eigenvalue weighted by Crippen LogP contribution is -2.48. The monoisotopic (exact) mass is 385 g/mol. The van der Waals surface area contributed by atoms with Gasteiger partial charge in [0, 0.05) is 0 Å². The second-order valence-electron chi connectivity index (χ2n) is 8.63. The normalized spacial score (nSPS) is 24.7. The number of nitrogens with one attached hydrogen (secondary N) is 1. The predicted molar refractivity (Wildman–Crippen MR) is 109 cm³/mol. The van der Waals surface area contributed by atoms with E-state index < -0.39 is 5.54 Å². The molecular weight excluding hydrogens is 354 g/mol. The van der Waals surface area contributed by atoms with E-state index in [0.29, 0.717) is 17.3 Å². The van der Waals surface area contributed by atoms with Crippen LogP contribution in [0.1, 0.15) is 63.1 Å². The van der Waals surface area contributed by atoms with Gasteiger partial charge in [0.2, 0.25) is 0 Å². The maximum absolute atomic E-state index is 13.2. The molecule has 0 unspecified atom stereocenters. The molecule has 1 aliphatic carbocycles. The van der Waals surface area contributed by atoms with E-state index in [4.69, 9.17) is 9.47 Å². The molecule has 5 heteroatoms. The first-order valence-corrected chi connectivity index (χ1v) is 10.1. The van der Waals surface area contributed by atoms with E-state index in [0.717, 1.165) is 48.1 Å². The van der Waals surface area contributed by atoms with Crippen molar-refractivity contribution >= 4 is 17.4 Å². The van der Waals surface area contributed by atoms with E-state index in [1.807, 2.05) is 39.8 Å². The van der Waals surface area contributed by atoms with E-state index >= 15 is 0 Å². The number of benzene rings is 1. The first kappa shape index (κ1) is 20.4. The van der Waals surface area contributed by atoms with Crippen LogP contribution in [0.15, 0.2) is 17.9 Å². The number of rotatable bonds is 4. The Morgan fingerprint density at radius 1 is 1.18 bits per heavy atom. The average Bonchev–Trinajstić information content (AvgIpc) is 2.89. The smallest absolute Gasteiger partial charge is 0.313 e. The maximum Gasteiger partial charge on any atom is 0.313 e. The molecule has 1 spiro atoms. The number of carbonyl (C=O) groups excluding carboxylic acids is 2. The lowest BCUT2D eigenvalue weighted by molar-refractivity contribution is -0.144. The van der Waals surface area contributed by atoms with Gasteiger partial charge in [-0.15, -0.1) is 0 Å². The van der Waals surface area contributed by atoms with E-state index in [1.54, 1.807) is 7.11 Å². The van der Waals surface area contributed by atoms with Crippen LogP contribution in [0, 0.1) is 25.7 Å². The van der Waals surface area contributed by atoms with Crippen molar-refractivity contribution in [3.63, 3.8) is 0 Å². The second kappa shape index (κ2) is 7.61. The molecule has 0 atom stereocenters. The molecule has 1 aliphatic heterocycles. The summed E-state index contributed by atoms with van der Waals surface area (Å²) in [5, 5.41) is 3.19. The van der Waals surface area contributed by atoms with Crippen molar-refractivity contribution in [2.24, 2.45) is 11.8 Å². The Morgan fingerprint density at radius 3 is 2.25 bits per heavy atom. The average molecular weight is 386 g/mol. The molecule has 1 aromatic rings. The minimum atomic E-state index is -0.581. The van der Waals surface area contributed by atoms with Crippen molar-refractivity contribution in [3.8, 4) is 5.75 Å². The quantitative estimate of drug-likeness (QED) is 0.785. The predicted octanol–water partition coefficient (Wildman–Crippen LogP) is 4.30. The van der Waals surface area contributed by atoms with Crippen LogP contribution < -0.4 is 10.1 Å². The zero-order valence-electron chi connectivity index (χ0n) is 17.8. The number of ether oxygens (including phenoxy) is 2. The molecule has 1 heterocycles. The van der Waals surface area contributed by atoms with Gasteiger partial charge >= 0.3 is 5.97 Å². The van der Waals surface area contributed by atoms with Crippen LogP contribution >= 0.6 is 0 Å². The van der Waals surface area contributed by atoms with Gasteiger partial charge in [-0.2, -0.15) is 0 Å². The summed E-state index contributed by atoms with van der Waals surface area (Å²) in [4.78, 5) is 25.7. The number of hydrogen-bond donors (Lipinski definition) is 1. The van der Waals surface area contributed by atoms with Crippen LogP contribution in [0.4, 0.5) is 0 Å². The standard InChI is InChI=1S/C23H31NO4/c1-13(2)22(26)28-20-19(18-15(4)11-17(27-6)12-16(18)5)21(25)24-23(20)9-7-14(3)8-10-23/h11-14H,7-10H2,1-6H3,(H,24,25). The largest absolute Gasteiger partial charge is 0.497 e. The lowest BCUT2D eigenvalue weighted by Gasteiger charge is -2.37. The Morgan fingerprint density at radius 2 is 1.75 bits per heavy atom. The minimum absolute atomic E-state index is 0.155. The van der Waals surface area contributed by atoms with Crippen molar-refractivity contribution in [2.75, 3.05) is 7.11 Å². The molecule has 28 heavy (non-hydrogen) atoms. The highest BCUT2D eigenvalue weighted by molar-refractivity contribution is 6.24. The zero-order valence-corrected chi connectivity index (χ0v) is 17.8. The van der Waals surface area contributed by atoms with Gasteiger partial charge in [0.15, 0.2) is 0 Å². The highest BCUT2D eigenvalue weighted by Gasteiger charge is 2.50. The molecule has 0 bridgehead atoms. The van der Waals surface area contributed by atoms with Gasteiger partial charge in [-0.3, -0.25) is 9.59 Å². The Kier molecular flexibility index (Phi) is 5.55. The highest BCUT2D eigenvalue weighted by Crippen LogP contribution is 2.46. The van der Waals surface area contributed by atoms with Crippen molar-refractivity contribution < 1.29 is 19.1 Å². The Balaban J connectivity index is 2.18. The van der Waals surface area contributed by atoms with Gasteiger partial charge in [-0.1, -0.05) is 20.8 Å². The number of methoxy groups -OCH3 is 1. The fraction of sp³-hybridized carbons (Fsp3) is 0.565. The van der Waals surface area contributed by atoms with Crippen LogP contribution in [0.2, 0.25) is 0 Å². The lowest BCUT2D eigenvalue weighted by atomic mass is 9.76. The second-order valence-corrected chi connectivity index (χ2v) is 8.63. The van der Waals surface area contributed by atoms with E-state index in [1.165, 1.54) is 0 Å². The summed E-state index contributed by atoms with van der Waals surface area (Å²) in [6.45, 7) is 9.77. The fourth-order valence-electron chi connectivity index (χ4n) is 4.32. The molecule has 2 aliphatic rings. The Hall–Kier alpha value is -2.30. The molecule has 1 saturated carbocycles. The van der Waals surface area contributed by atoms with Crippen LogP contribution in [0.3, 0.4) is 0 Å². The topological polar surface area (TPSA) is 64.6 Å². The van der Waals surface area contributed by atoms with Crippen LogP contribution in [-0.2, 0) is 14.3 Å². The van der Waals surface area contributed by atoms with E-state index in [-0.39, 0.29) is 17.8 Å². The van der Waals surface area contributed by atoms with Crippen molar-refractivity contribution in [3.05, 3.63) is 34.6 Å². The molecule has 152 valence electrons. The summed E-state index contributed by atoms with van der Waals surface area (Å²) in [5.41, 5.74) is 2.62. The summed E-state index contributed by atoms with van der Waals surface area (Å²) < 4.78 is 11.3. The fourth-order valence-corrected chi connectivity index (χ4v) is 4.32. The SMILES string of the molecule is COc1cc(C)c(C2=C(OC(=O)C(C)C)C3(CCC(C)CC3)NC2=O)c(C)c1. The molecule has 5 nitrogen and oxygen atoms in total. The van der Waals surface area contributed by atoms with Gasteiger partial charge in [0.1, 0.15) is 11.5 Å². The third kappa shape index (κ3) is 3.54. The molecule has 3 rings (SSSR count). The van der Waals surface area contributed by atoms with Crippen molar-refractivity contribution in [1.82, 2.24) is 5.32 Å². The van der Waals surface area contributed by atoms with Crippen LogP contribution in [0.25, 0.3) is 5.57 Å². The number of hydrogen-bond acceptors (Lipinski definition) is 4. The number of aryl methyl sites for hydroxylation is 2. The molecule has 1 amide bonds. The van der Waals surface area contributed by atoms with E-state index in [2.05, 4.69) is 12.2 Å². The first-order valence-electron chi connectivity index (χ1n) is 10.1. The summed E-state index contributed by atoms with van der Waals surface area (Å²) in [5.74, 6) is 1.16. The van der Waals surface area contributed by atoms with Crippen molar-refractivity contribution in [1.29, 1.82) is 0 Å². The minimum Gasteiger partial charge on any atom is -0.497 e. The molecule has 0 radical (unpaired) electrons. The molecule has 1 fully saturated rings. The number of esters is 1.